The van der Waals surface area contributed by atoms with E-state index in [1.165, 1.54) is 32.1 Å². The third kappa shape index (κ3) is 14.4. The molecule has 12 nitrogen and oxygen atoms in total. The van der Waals surface area contributed by atoms with Crippen LogP contribution in [0, 0.1) is 33.5 Å². The third-order valence-corrected chi connectivity index (χ3v) is 14.1. The van der Waals surface area contributed by atoms with E-state index in [4.69, 9.17) is 24.1 Å². The summed E-state index contributed by atoms with van der Waals surface area (Å²) in [6, 6.07) is 0. The molecule has 0 aromatic carbocycles. The minimum Gasteiger partial charge on any atom is -0.481 e. The SMILES string of the molecule is CCC(C)(C)C(=O)O.CCC(C)(C)C(=O)OC(C)(C)C1CCCCC1.CCC(C)(C)C(=O)OC12CC3CC(O)(CC(O)(C3)C1)C2.CCC(C)(C)C(=O)OC1CCOC1=O. The van der Waals surface area contributed by atoms with E-state index >= 15 is 0 Å². The Morgan fingerprint density at radius 2 is 1.10 bits per heavy atom. The monoisotopic (exact) mass is 839 g/mol. The molecular formula is C47H82O12. The smallest absolute Gasteiger partial charge is 0.347 e. The van der Waals surface area contributed by atoms with Gasteiger partial charge in [-0.2, -0.15) is 0 Å². The molecular weight excluding hydrogens is 757 g/mol. The number of aliphatic hydroxyl groups is 2. The van der Waals surface area contributed by atoms with Crippen LogP contribution < -0.4 is 0 Å². The zero-order valence-electron chi connectivity index (χ0n) is 39.3. The van der Waals surface area contributed by atoms with Crippen molar-refractivity contribution in [3.63, 3.8) is 0 Å². The van der Waals surface area contributed by atoms with Crippen LogP contribution in [0.2, 0.25) is 0 Å². The van der Waals surface area contributed by atoms with Gasteiger partial charge in [-0.15, -0.1) is 0 Å². The fourth-order valence-corrected chi connectivity index (χ4v) is 8.41. The number of carbonyl (C=O) groups excluding carboxylic acids is 4. The molecule has 6 fully saturated rings. The summed E-state index contributed by atoms with van der Waals surface area (Å²) in [5, 5.41) is 29.8. The van der Waals surface area contributed by atoms with E-state index < -0.39 is 51.1 Å². The Balaban J connectivity index is 0.000000283. The summed E-state index contributed by atoms with van der Waals surface area (Å²) in [5.41, 5.74) is -4.56. The Morgan fingerprint density at radius 1 is 0.644 bits per heavy atom. The normalized spacial score (nSPS) is 28.0. The van der Waals surface area contributed by atoms with Gasteiger partial charge < -0.3 is 34.3 Å². The molecule has 59 heavy (non-hydrogen) atoms. The van der Waals surface area contributed by atoms with Crippen LogP contribution in [0.15, 0.2) is 0 Å². The molecule has 1 aliphatic heterocycles. The first-order chi connectivity index (χ1) is 26.9. The van der Waals surface area contributed by atoms with Gasteiger partial charge in [-0.25, -0.2) is 4.79 Å². The largest absolute Gasteiger partial charge is 0.481 e. The number of hydrogen-bond donors (Lipinski definition) is 3. The fourth-order valence-electron chi connectivity index (χ4n) is 8.41. The van der Waals surface area contributed by atoms with Crippen LogP contribution in [-0.4, -0.2) is 80.3 Å². The Morgan fingerprint density at radius 3 is 1.49 bits per heavy atom. The molecule has 3 N–H and O–H groups in total. The third-order valence-electron chi connectivity index (χ3n) is 14.1. The van der Waals surface area contributed by atoms with Crippen molar-refractivity contribution in [1.82, 2.24) is 0 Å². The summed E-state index contributed by atoms with van der Waals surface area (Å²) < 4.78 is 21.4. The van der Waals surface area contributed by atoms with Crippen LogP contribution in [-0.2, 0) is 42.9 Å². The molecule has 0 radical (unpaired) electrons. The summed E-state index contributed by atoms with van der Waals surface area (Å²) >= 11 is 0. The van der Waals surface area contributed by atoms with Gasteiger partial charge >= 0.3 is 29.8 Å². The number of carboxylic acid groups (broad SMARTS) is 1. The van der Waals surface area contributed by atoms with Crippen molar-refractivity contribution >= 4 is 29.8 Å². The second-order valence-electron chi connectivity index (χ2n) is 21.5. The van der Waals surface area contributed by atoms with E-state index in [1.807, 2.05) is 55.4 Å². The number of ether oxygens (including phenoxy) is 4. The zero-order valence-corrected chi connectivity index (χ0v) is 39.3. The average Bonchev–Trinajstić information content (AvgIpc) is 3.54. The highest BCUT2D eigenvalue weighted by atomic mass is 16.6. The van der Waals surface area contributed by atoms with Crippen molar-refractivity contribution in [2.45, 2.75) is 228 Å². The van der Waals surface area contributed by atoms with Gasteiger partial charge in [0.1, 0.15) is 11.2 Å². The van der Waals surface area contributed by atoms with Crippen LogP contribution in [0.4, 0.5) is 0 Å². The fraction of sp³-hybridized carbons (Fsp3) is 0.894. The molecule has 1 saturated heterocycles. The zero-order chi connectivity index (χ0) is 45.5. The summed E-state index contributed by atoms with van der Waals surface area (Å²) in [7, 11) is 0. The number of aliphatic carboxylic acids is 1. The molecule has 5 aliphatic carbocycles. The van der Waals surface area contributed by atoms with Gasteiger partial charge in [-0.3, -0.25) is 19.2 Å². The van der Waals surface area contributed by atoms with Gasteiger partial charge in [0, 0.05) is 25.7 Å². The lowest BCUT2D eigenvalue weighted by molar-refractivity contribution is -0.264. The predicted octanol–water partition coefficient (Wildman–Crippen LogP) is 9.28. The first-order valence-corrected chi connectivity index (χ1v) is 22.4. The van der Waals surface area contributed by atoms with Gasteiger partial charge in [0.25, 0.3) is 0 Å². The topological polar surface area (TPSA) is 183 Å². The molecule has 3 atom stereocenters. The summed E-state index contributed by atoms with van der Waals surface area (Å²) in [4.78, 5) is 57.4. The van der Waals surface area contributed by atoms with Crippen LogP contribution in [0.5, 0.6) is 0 Å². The molecule has 0 aromatic rings. The van der Waals surface area contributed by atoms with E-state index in [-0.39, 0.29) is 34.8 Å². The quantitative estimate of drug-likeness (QED) is 0.125. The Kier molecular flexibility index (Phi) is 17.7. The van der Waals surface area contributed by atoms with Crippen LogP contribution in [0.25, 0.3) is 0 Å². The van der Waals surface area contributed by atoms with E-state index in [2.05, 4.69) is 13.8 Å². The molecule has 342 valence electrons. The lowest BCUT2D eigenvalue weighted by Gasteiger charge is -2.62. The molecule has 6 rings (SSSR count). The summed E-state index contributed by atoms with van der Waals surface area (Å²) in [5.74, 6) is -0.912. The number of carbonyl (C=O) groups is 5. The average molecular weight is 839 g/mol. The lowest BCUT2D eigenvalue weighted by atomic mass is 9.50. The van der Waals surface area contributed by atoms with E-state index in [0.29, 0.717) is 51.0 Å². The van der Waals surface area contributed by atoms with Crippen molar-refractivity contribution in [1.29, 1.82) is 0 Å². The minimum absolute atomic E-state index is 0.0458. The molecule has 6 aliphatic rings. The Labute approximate surface area is 355 Å². The number of rotatable bonds is 12. The Hall–Kier alpha value is -2.73. The van der Waals surface area contributed by atoms with Gasteiger partial charge in [0.2, 0.25) is 6.10 Å². The standard InChI is InChI=1S/C16H26O4.C15H28O2.C10H16O4.C6H12O2/c1-4-13(2,3)12(17)20-16-7-11-5-14(18,9-16)8-15(19,6-11)10-16;1-6-14(2,3)13(16)17-15(4,5)12-10-8-7-9-11-12;1-4-10(2,3)9(12)14-7-5-6-13-8(7)11;1-4-6(2,3)5(7)8/h11,18-19H,4-10H2,1-3H3;12H,6-11H2,1-5H3;7H,4-6H2,1-3H3;4H2,1-3H3,(H,7,8). The minimum atomic E-state index is -0.842. The molecule has 0 spiro atoms. The number of esters is 4. The maximum absolute atomic E-state index is 12.4. The highest BCUT2D eigenvalue weighted by Gasteiger charge is 2.64. The van der Waals surface area contributed by atoms with Crippen molar-refractivity contribution in [3.8, 4) is 0 Å². The van der Waals surface area contributed by atoms with Crippen LogP contribution in [0.3, 0.4) is 0 Å². The van der Waals surface area contributed by atoms with Crippen molar-refractivity contribution < 1.29 is 58.2 Å². The van der Waals surface area contributed by atoms with Gasteiger partial charge in [-0.1, -0.05) is 47.0 Å². The highest BCUT2D eigenvalue weighted by molar-refractivity contribution is 5.82. The van der Waals surface area contributed by atoms with E-state index in [1.54, 1.807) is 27.7 Å². The molecule has 0 aromatic heterocycles. The van der Waals surface area contributed by atoms with Crippen LogP contribution >= 0.6 is 0 Å². The molecule has 0 amide bonds. The first kappa shape index (κ1) is 52.4. The van der Waals surface area contributed by atoms with E-state index in [9.17, 15) is 34.2 Å². The number of hydrogen-bond acceptors (Lipinski definition) is 11. The maximum Gasteiger partial charge on any atom is 0.347 e. The van der Waals surface area contributed by atoms with E-state index in [0.717, 1.165) is 32.1 Å². The summed E-state index contributed by atoms with van der Waals surface area (Å²) in [6.45, 7) is 27.0. The van der Waals surface area contributed by atoms with Crippen LogP contribution in [0.1, 0.15) is 200 Å². The van der Waals surface area contributed by atoms with Crippen molar-refractivity contribution in [2.75, 3.05) is 6.61 Å². The maximum atomic E-state index is 12.4. The molecule has 1 heterocycles. The molecule has 5 saturated carbocycles. The van der Waals surface area contributed by atoms with Crippen molar-refractivity contribution in [2.24, 2.45) is 33.5 Å². The predicted molar refractivity (Wildman–Crippen MR) is 226 cm³/mol. The molecule has 4 bridgehead atoms. The second-order valence-corrected chi connectivity index (χ2v) is 21.5. The highest BCUT2D eigenvalue weighted by Crippen LogP contribution is 2.60. The number of carboxylic acids is 1. The van der Waals surface area contributed by atoms with Gasteiger partial charge in [0.05, 0.1) is 39.5 Å². The summed E-state index contributed by atoms with van der Waals surface area (Å²) in [6.07, 6.45) is 12.7. The molecule has 3 unspecified atom stereocenters. The first-order valence-electron chi connectivity index (χ1n) is 22.4. The van der Waals surface area contributed by atoms with Crippen molar-refractivity contribution in [3.05, 3.63) is 0 Å². The molecule has 12 heteroatoms. The van der Waals surface area contributed by atoms with Gasteiger partial charge in [-0.05, 0) is 139 Å². The number of cyclic esters (lactones) is 1. The lowest BCUT2D eigenvalue weighted by Crippen LogP contribution is -2.67. The van der Waals surface area contributed by atoms with Gasteiger partial charge in [0.15, 0.2) is 0 Å². The Bertz CT molecular complexity index is 1430. The second kappa shape index (κ2) is 20.0.